The summed E-state index contributed by atoms with van der Waals surface area (Å²) in [6, 6.07) is 14.6. The SMILES string of the molecule is C=Cc1cc(C(=O)N2CCCC3c4ccccc4CCC32)ccc1N.[HH]. The Morgan fingerprint density at radius 3 is 2.92 bits per heavy atom. The number of aryl methyl sites for hydroxylation is 1. The van der Waals surface area contributed by atoms with E-state index in [-0.39, 0.29) is 7.33 Å². The van der Waals surface area contributed by atoms with Crippen molar-refractivity contribution in [3.63, 3.8) is 0 Å². The standard InChI is InChI=1S/C22H24N2O.H2/c1-2-15-14-17(9-11-20(15)23)22(25)24-13-5-8-19-18-7-4-3-6-16(18)10-12-21(19)24;/h2-4,6-7,9,11,14,19,21H,1,5,8,10,12-13,23H2;1H. The highest BCUT2D eigenvalue weighted by Crippen LogP contribution is 2.41. The number of benzene rings is 2. The Bertz CT molecular complexity index is 833. The van der Waals surface area contributed by atoms with Gasteiger partial charge in [-0.25, -0.2) is 0 Å². The lowest BCUT2D eigenvalue weighted by Gasteiger charge is -2.45. The van der Waals surface area contributed by atoms with Gasteiger partial charge in [-0.05, 0) is 60.6 Å². The predicted molar refractivity (Wildman–Crippen MR) is 105 cm³/mol. The average Bonchev–Trinajstić information content (AvgIpc) is 2.67. The number of nitrogen functional groups attached to an aromatic ring is 1. The van der Waals surface area contributed by atoms with E-state index in [4.69, 9.17) is 5.73 Å². The topological polar surface area (TPSA) is 46.3 Å². The number of nitrogens with zero attached hydrogens (tertiary/aromatic N) is 1. The van der Waals surface area contributed by atoms with Crippen molar-refractivity contribution in [2.45, 2.75) is 37.6 Å². The minimum absolute atomic E-state index is 0. The van der Waals surface area contributed by atoms with E-state index in [1.54, 1.807) is 6.08 Å². The van der Waals surface area contributed by atoms with E-state index in [1.165, 1.54) is 17.5 Å². The summed E-state index contributed by atoms with van der Waals surface area (Å²) in [6.07, 6.45) is 6.05. The van der Waals surface area contributed by atoms with Gasteiger partial charge in [0.2, 0.25) is 0 Å². The van der Waals surface area contributed by atoms with Gasteiger partial charge in [0.15, 0.2) is 0 Å². The van der Waals surface area contributed by atoms with Gasteiger partial charge < -0.3 is 10.6 Å². The van der Waals surface area contributed by atoms with Gasteiger partial charge in [-0.1, -0.05) is 36.9 Å². The fourth-order valence-electron chi connectivity index (χ4n) is 4.51. The molecule has 1 saturated heterocycles. The normalized spacial score (nSPS) is 22.0. The van der Waals surface area contributed by atoms with Crippen molar-refractivity contribution in [2.24, 2.45) is 0 Å². The molecule has 2 atom stereocenters. The number of amides is 1. The van der Waals surface area contributed by atoms with Gasteiger partial charge in [0, 0.05) is 31.2 Å². The Labute approximate surface area is 150 Å². The molecule has 1 heterocycles. The number of carbonyl (C=O) groups is 1. The van der Waals surface area contributed by atoms with Crippen LogP contribution in [0, 0.1) is 0 Å². The molecule has 0 bridgehead atoms. The minimum Gasteiger partial charge on any atom is -0.398 e. The van der Waals surface area contributed by atoms with Crippen LogP contribution in [0.1, 0.15) is 53.7 Å². The minimum atomic E-state index is 0. The van der Waals surface area contributed by atoms with Crippen LogP contribution in [0.3, 0.4) is 0 Å². The Balaban J connectivity index is 0.00000196. The molecule has 0 spiro atoms. The zero-order valence-corrected chi connectivity index (χ0v) is 14.4. The molecule has 1 aliphatic carbocycles. The van der Waals surface area contributed by atoms with Crippen molar-refractivity contribution in [1.29, 1.82) is 0 Å². The maximum atomic E-state index is 13.2. The third-order valence-corrected chi connectivity index (χ3v) is 5.76. The van der Waals surface area contributed by atoms with Crippen LogP contribution in [0.4, 0.5) is 5.69 Å². The molecule has 2 N–H and O–H groups in total. The molecule has 3 heteroatoms. The van der Waals surface area contributed by atoms with Crippen LogP contribution in [-0.4, -0.2) is 23.4 Å². The molecule has 3 nitrogen and oxygen atoms in total. The second kappa shape index (κ2) is 6.40. The number of likely N-dealkylation sites (tertiary alicyclic amines) is 1. The number of anilines is 1. The molecule has 2 aliphatic rings. The number of piperidine rings is 1. The van der Waals surface area contributed by atoms with Crippen LogP contribution in [0.2, 0.25) is 0 Å². The highest BCUT2D eigenvalue weighted by molar-refractivity contribution is 5.96. The number of hydrogen-bond donors (Lipinski definition) is 1. The summed E-state index contributed by atoms with van der Waals surface area (Å²) in [5, 5.41) is 0. The quantitative estimate of drug-likeness (QED) is 0.822. The van der Waals surface area contributed by atoms with E-state index in [2.05, 4.69) is 35.7 Å². The second-order valence-electron chi connectivity index (χ2n) is 7.10. The van der Waals surface area contributed by atoms with E-state index in [0.717, 1.165) is 31.4 Å². The number of rotatable bonds is 2. The molecular weight excluding hydrogens is 308 g/mol. The summed E-state index contributed by atoms with van der Waals surface area (Å²) < 4.78 is 0. The molecule has 2 aromatic carbocycles. The summed E-state index contributed by atoms with van der Waals surface area (Å²) in [7, 11) is 0. The fourth-order valence-corrected chi connectivity index (χ4v) is 4.51. The molecule has 0 aromatic heterocycles. The molecule has 1 fully saturated rings. The fraction of sp³-hybridized carbons (Fsp3) is 0.318. The third kappa shape index (κ3) is 2.74. The molecule has 2 unspecified atom stereocenters. The van der Waals surface area contributed by atoms with Crippen molar-refractivity contribution in [3.05, 3.63) is 71.3 Å². The monoisotopic (exact) mass is 334 g/mol. The van der Waals surface area contributed by atoms with Gasteiger partial charge in [0.25, 0.3) is 5.91 Å². The maximum absolute atomic E-state index is 13.2. The maximum Gasteiger partial charge on any atom is 0.254 e. The summed E-state index contributed by atoms with van der Waals surface area (Å²) in [5.74, 6) is 0.590. The highest BCUT2D eigenvalue weighted by Gasteiger charge is 2.38. The average molecular weight is 334 g/mol. The largest absolute Gasteiger partial charge is 0.398 e. The van der Waals surface area contributed by atoms with Crippen LogP contribution in [0.25, 0.3) is 6.08 Å². The number of fused-ring (bicyclic) bond motifs is 3. The first-order chi connectivity index (χ1) is 12.2. The summed E-state index contributed by atoms with van der Waals surface area (Å²) in [5.41, 5.74) is 11.0. The molecule has 25 heavy (non-hydrogen) atoms. The Morgan fingerprint density at radius 1 is 1.24 bits per heavy atom. The lowest BCUT2D eigenvalue weighted by Crippen LogP contribution is -2.49. The zero-order chi connectivity index (χ0) is 17.4. The smallest absolute Gasteiger partial charge is 0.254 e. The second-order valence-corrected chi connectivity index (χ2v) is 7.10. The first-order valence-electron chi connectivity index (χ1n) is 9.10. The summed E-state index contributed by atoms with van der Waals surface area (Å²) >= 11 is 0. The Morgan fingerprint density at radius 2 is 2.08 bits per heavy atom. The molecule has 1 amide bonds. The number of nitrogens with two attached hydrogens (primary N) is 1. The van der Waals surface area contributed by atoms with Crippen molar-refractivity contribution >= 4 is 17.7 Å². The molecule has 0 saturated carbocycles. The van der Waals surface area contributed by atoms with Crippen LogP contribution in [0.15, 0.2) is 49.0 Å². The van der Waals surface area contributed by atoms with Crippen molar-refractivity contribution in [3.8, 4) is 0 Å². The van der Waals surface area contributed by atoms with E-state index in [0.29, 0.717) is 23.2 Å². The van der Waals surface area contributed by atoms with Crippen molar-refractivity contribution in [2.75, 3.05) is 12.3 Å². The number of carbonyl (C=O) groups excluding carboxylic acids is 1. The van der Waals surface area contributed by atoms with Crippen LogP contribution >= 0.6 is 0 Å². The predicted octanol–water partition coefficient (Wildman–Crippen LogP) is 4.49. The highest BCUT2D eigenvalue weighted by atomic mass is 16.2. The van der Waals surface area contributed by atoms with Gasteiger partial charge in [0.05, 0.1) is 0 Å². The Hall–Kier alpha value is -2.55. The van der Waals surface area contributed by atoms with Gasteiger partial charge >= 0.3 is 0 Å². The summed E-state index contributed by atoms with van der Waals surface area (Å²) in [4.78, 5) is 15.3. The van der Waals surface area contributed by atoms with Crippen molar-refractivity contribution < 1.29 is 6.22 Å². The van der Waals surface area contributed by atoms with E-state index >= 15 is 0 Å². The molecule has 1 aliphatic heterocycles. The summed E-state index contributed by atoms with van der Waals surface area (Å²) in [6.45, 7) is 4.63. The van der Waals surface area contributed by atoms with Crippen LogP contribution in [-0.2, 0) is 6.42 Å². The van der Waals surface area contributed by atoms with Gasteiger partial charge in [-0.3, -0.25) is 4.79 Å². The molecule has 4 rings (SSSR count). The van der Waals surface area contributed by atoms with Gasteiger partial charge in [0.1, 0.15) is 0 Å². The molecule has 2 aromatic rings. The molecular formula is C22H26N2O. The van der Waals surface area contributed by atoms with Gasteiger partial charge in [-0.2, -0.15) is 0 Å². The van der Waals surface area contributed by atoms with E-state index in [9.17, 15) is 4.79 Å². The molecule has 130 valence electrons. The first-order valence-corrected chi connectivity index (χ1v) is 9.10. The van der Waals surface area contributed by atoms with E-state index in [1.807, 2.05) is 18.2 Å². The lowest BCUT2D eigenvalue weighted by molar-refractivity contribution is 0.0547. The zero-order valence-electron chi connectivity index (χ0n) is 14.4. The van der Waals surface area contributed by atoms with Crippen molar-refractivity contribution in [1.82, 2.24) is 4.90 Å². The lowest BCUT2D eigenvalue weighted by atomic mass is 9.74. The van der Waals surface area contributed by atoms with Gasteiger partial charge in [-0.15, -0.1) is 0 Å². The van der Waals surface area contributed by atoms with E-state index < -0.39 is 0 Å². The van der Waals surface area contributed by atoms with Crippen LogP contribution < -0.4 is 5.73 Å². The molecule has 0 radical (unpaired) electrons. The number of hydrogen-bond acceptors (Lipinski definition) is 2. The van der Waals surface area contributed by atoms with Crippen LogP contribution in [0.5, 0.6) is 0 Å². The third-order valence-electron chi connectivity index (χ3n) is 5.76. The first kappa shape index (κ1) is 15.9. The Kier molecular flexibility index (Phi) is 4.08.